The molecule has 2 aromatic carbocycles. The van der Waals surface area contributed by atoms with Crippen LogP contribution in [0, 0.1) is 10.1 Å². The van der Waals surface area contributed by atoms with Crippen molar-refractivity contribution in [1.82, 2.24) is 9.78 Å². The second-order valence-corrected chi connectivity index (χ2v) is 8.41. The van der Waals surface area contributed by atoms with Crippen LogP contribution in [-0.4, -0.2) is 20.6 Å². The second kappa shape index (κ2) is 11.1. The van der Waals surface area contributed by atoms with Crippen LogP contribution in [0.5, 0.6) is 11.5 Å². The van der Waals surface area contributed by atoms with Crippen LogP contribution in [0.3, 0.4) is 0 Å². The molecular formula is C23H14Cl2F4N4O5. The van der Waals surface area contributed by atoms with Gasteiger partial charge in [-0.05, 0) is 36.4 Å². The first-order chi connectivity index (χ1) is 18.0. The van der Waals surface area contributed by atoms with Crippen LogP contribution in [0.1, 0.15) is 40.6 Å². The fourth-order valence-electron chi connectivity index (χ4n) is 3.32. The number of hydrogen-bond acceptors (Lipinski definition) is 6. The minimum Gasteiger partial charge on any atom is -0.457 e. The lowest BCUT2D eigenvalue weighted by molar-refractivity contribution is -0.384. The van der Waals surface area contributed by atoms with Crippen molar-refractivity contribution in [2.24, 2.45) is 0 Å². The molecule has 198 valence electrons. The van der Waals surface area contributed by atoms with Gasteiger partial charge < -0.3 is 14.5 Å². The van der Waals surface area contributed by atoms with E-state index in [-0.39, 0.29) is 28.6 Å². The predicted molar refractivity (Wildman–Crippen MR) is 128 cm³/mol. The molecule has 4 rings (SSSR count). The number of nitrogens with zero attached hydrogens (tertiary/aromatic N) is 3. The number of aromatic nitrogens is 2. The van der Waals surface area contributed by atoms with E-state index < -0.39 is 46.6 Å². The summed E-state index contributed by atoms with van der Waals surface area (Å²) >= 11 is 11.5. The lowest BCUT2D eigenvalue weighted by Gasteiger charge is -2.09. The van der Waals surface area contributed by atoms with E-state index in [0.29, 0.717) is 15.5 Å². The van der Waals surface area contributed by atoms with E-state index in [0.717, 1.165) is 12.1 Å². The van der Waals surface area contributed by atoms with E-state index in [9.17, 15) is 32.5 Å². The number of hydrogen-bond donors (Lipinski definition) is 1. The zero-order valence-electron chi connectivity index (χ0n) is 18.7. The Morgan fingerprint density at radius 2 is 1.76 bits per heavy atom. The molecule has 15 heteroatoms. The Kier molecular flexibility index (Phi) is 7.88. The van der Waals surface area contributed by atoms with Crippen molar-refractivity contribution < 1.29 is 36.4 Å². The van der Waals surface area contributed by atoms with Gasteiger partial charge in [0.15, 0.2) is 5.76 Å². The number of furan rings is 1. The zero-order valence-corrected chi connectivity index (χ0v) is 20.2. The number of ether oxygens (including phenoxy) is 1. The van der Waals surface area contributed by atoms with Crippen LogP contribution in [0.25, 0.3) is 0 Å². The van der Waals surface area contributed by atoms with Gasteiger partial charge in [0, 0.05) is 17.2 Å². The van der Waals surface area contributed by atoms with Crippen molar-refractivity contribution in [2.75, 3.05) is 5.32 Å². The molecule has 2 heterocycles. The largest absolute Gasteiger partial charge is 0.457 e. The normalized spacial score (nSPS) is 11.3. The smallest absolute Gasteiger partial charge is 0.291 e. The maximum absolute atomic E-state index is 13.4. The minimum atomic E-state index is -3.20. The van der Waals surface area contributed by atoms with Crippen LogP contribution in [0.2, 0.25) is 10.0 Å². The van der Waals surface area contributed by atoms with Gasteiger partial charge in [-0.3, -0.25) is 19.6 Å². The average molecular weight is 573 g/mol. The van der Waals surface area contributed by atoms with Crippen LogP contribution in [0.15, 0.2) is 59.0 Å². The summed E-state index contributed by atoms with van der Waals surface area (Å²) in [6.45, 7) is -0.519. The molecule has 0 aliphatic carbocycles. The van der Waals surface area contributed by atoms with Crippen molar-refractivity contribution >= 4 is 40.5 Å². The summed E-state index contributed by atoms with van der Waals surface area (Å²) in [5, 5.41) is 16.8. The SMILES string of the molecule is O=C(Nc1cc(Oc2ccc(Cl)cc2)cc([N+](=O)[O-])c1)c1ccc(Cn2nc(C(F)F)c(Cl)c2C(F)F)o1. The van der Waals surface area contributed by atoms with Crippen molar-refractivity contribution in [2.45, 2.75) is 19.4 Å². The predicted octanol–water partition coefficient (Wildman–Crippen LogP) is 7.66. The number of anilines is 1. The maximum atomic E-state index is 13.4. The van der Waals surface area contributed by atoms with E-state index in [1.165, 1.54) is 18.2 Å². The Balaban J connectivity index is 1.53. The summed E-state index contributed by atoms with van der Waals surface area (Å²) in [5.74, 6) is -0.822. The van der Waals surface area contributed by atoms with Gasteiger partial charge in [-0.2, -0.15) is 5.10 Å². The van der Waals surface area contributed by atoms with E-state index >= 15 is 0 Å². The number of halogens is 6. The van der Waals surface area contributed by atoms with Crippen LogP contribution >= 0.6 is 23.2 Å². The van der Waals surface area contributed by atoms with Gasteiger partial charge in [-0.1, -0.05) is 23.2 Å². The monoisotopic (exact) mass is 572 g/mol. The molecule has 0 fully saturated rings. The number of amides is 1. The number of non-ortho nitro benzene ring substituents is 1. The Bertz CT molecular complexity index is 1490. The number of nitro benzene ring substituents is 1. The number of benzene rings is 2. The zero-order chi connectivity index (χ0) is 27.6. The summed E-state index contributed by atoms with van der Waals surface area (Å²) in [6.07, 6.45) is -6.37. The highest BCUT2D eigenvalue weighted by atomic mass is 35.5. The fraction of sp³-hybridized carbons (Fsp3) is 0.130. The molecule has 0 radical (unpaired) electrons. The van der Waals surface area contributed by atoms with E-state index in [1.54, 1.807) is 24.3 Å². The second-order valence-electron chi connectivity index (χ2n) is 7.59. The Morgan fingerprint density at radius 3 is 2.39 bits per heavy atom. The highest BCUT2D eigenvalue weighted by molar-refractivity contribution is 6.32. The highest BCUT2D eigenvalue weighted by Gasteiger charge is 2.28. The molecule has 0 saturated heterocycles. The molecule has 9 nitrogen and oxygen atoms in total. The molecule has 0 bridgehead atoms. The minimum absolute atomic E-state index is 0.00784. The Labute approximate surface area is 220 Å². The van der Waals surface area contributed by atoms with Crippen LogP contribution in [-0.2, 0) is 6.54 Å². The molecule has 0 aliphatic rings. The molecule has 0 saturated carbocycles. The molecule has 0 atom stereocenters. The van der Waals surface area contributed by atoms with Gasteiger partial charge in [0.05, 0.1) is 28.2 Å². The van der Waals surface area contributed by atoms with Gasteiger partial charge in [0.25, 0.3) is 24.4 Å². The molecular weight excluding hydrogens is 559 g/mol. The van der Waals surface area contributed by atoms with Gasteiger partial charge in [-0.25, -0.2) is 17.6 Å². The van der Waals surface area contributed by atoms with E-state index in [1.807, 2.05) is 0 Å². The van der Waals surface area contributed by atoms with Gasteiger partial charge in [-0.15, -0.1) is 0 Å². The molecule has 0 aliphatic heterocycles. The first kappa shape index (κ1) is 26.9. The molecule has 2 aromatic heterocycles. The molecule has 0 unspecified atom stereocenters. The number of nitro groups is 1. The summed E-state index contributed by atoms with van der Waals surface area (Å²) < 4.78 is 64.4. The quantitative estimate of drug-likeness (QED) is 0.125. The number of alkyl halides is 4. The Hall–Kier alpha value is -4.10. The molecule has 1 N–H and O–H groups in total. The maximum Gasteiger partial charge on any atom is 0.291 e. The summed E-state index contributed by atoms with van der Waals surface area (Å²) in [7, 11) is 0. The van der Waals surface area contributed by atoms with Gasteiger partial charge in [0.1, 0.15) is 28.6 Å². The van der Waals surface area contributed by atoms with Crippen LogP contribution < -0.4 is 10.1 Å². The summed E-state index contributed by atoms with van der Waals surface area (Å²) in [5.41, 5.74) is -2.31. The average Bonchev–Trinajstić information content (AvgIpc) is 3.45. The number of carbonyl (C=O) groups is 1. The molecule has 4 aromatic rings. The summed E-state index contributed by atoms with van der Waals surface area (Å²) in [4.78, 5) is 23.4. The molecule has 38 heavy (non-hydrogen) atoms. The first-order valence-corrected chi connectivity index (χ1v) is 11.2. The molecule has 1 amide bonds. The third-order valence-electron chi connectivity index (χ3n) is 4.97. The number of carbonyl (C=O) groups excluding carboxylic acids is 1. The van der Waals surface area contributed by atoms with E-state index in [4.69, 9.17) is 32.4 Å². The Morgan fingerprint density at radius 1 is 1.05 bits per heavy atom. The topological polar surface area (TPSA) is 112 Å². The lowest BCUT2D eigenvalue weighted by Crippen LogP contribution is -2.11. The van der Waals surface area contributed by atoms with Crippen molar-refractivity contribution in [3.8, 4) is 11.5 Å². The van der Waals surface area contributed by atoms with Crippen LogP contribution in [0.4, 0.5) is 28.9 Å². The summed E-state index contributed by atoms with van der Waals surface area (Å²) in [6, 6.07) is 12.2. The number of rotatable bonds is 9. The van der Waals surface area contributed by atoms with E-state index in [2.05, 4.69) is 10.4 Å². The number of nitrogens with one attached hydrogen (secondary N) is 1. The standard InChI is InChI=1S/C23H14Cl2F4N4O5/c24-11-1-3-14(4-2-11)37-16-8-12(7-13(9-16)33(35)36)30-23(34)17-6-5-15(38-17)10-32-20(22(28)29)18(25)19(31-32)21(26)27/h1-9,21-22H,10H2,(H,30,34). The van der Waals surface area contributed by atoms with Crippen molar-refractivity contribution in [3.05, 3.63) is 97.7 Å². The van der Waals surface area contributed by atoms with Crippen molar-refractivity contribution in [1.29, 1.82) is 0 Å². The lowest BCUT2D eigenvalue weighted by atomic mass is 10.2. The third kappa shape index (κ3) is 6.06. The first-order valence-electron chi connectivity index (χ1n) is 10.5. The highest BCUT2D eigenvalue weighted by Crippen LogP contribution is 2.35. The van der Waals surface area contributed by atoms with Gasteiger partial charge >= 0.3 is 0 Å². The third-order valence-corrected chi connectivity index (χ3v) is 5.61. The van der Waals surface area contributed by atoms with Crippen molar-refractivity contribution in [3.63, 3.8) is 0 Å². The van der Waals surface area contributed by atoms with Gasteiger partial charge in [0.2, 0.25) is 0 Å². The molecule has 0 spiro atoms. The fourth-order valence-corrected chi connectivity index (χ4v) is 3.75.